The van der Waals surface area contributed by atoms with Crippen molar-refractivity contribution < 1.29 is 9.49 Å². The lowest BCUT2D eigenvalue weighted by Gasteiger charge is -2.09. The quantitative estimate of drug-likeness (QED) is 0.118. The zero-order valence-corrected chi connectivity index (χ0v) is 19.8. The molecule has 0 saturated carbocycles. The van der Waals surface area contributed by atoms with E-state index >= 15 is 0 Å². The zero-order valence-electron chi connectivity index (χ0n) is 19.8. The highest BCUT2D eigenvalue weighted by atomic mass is 16.6. The third-order valence-electron chi connectivity index (χ3n) is 6.02. The van der Waals surface area contributed by atoms with Gasteiger partial charge in [-0.15, -0.1) is 0 Å². The summed E-state index contributed by atoms with van der Waals surface area (Å²) in [6.45, 7) is 1.28. The molecule has 0 radical (unpaired) electrons. The lowest BCUT2D eigenvalue weighted by atomic mass is 10.2. The summed E-state index contributed by atoms with van der Waals surface area (Å²) in [6, 6.07) is 35.0. The molecule has 0 aliphatic rings. The van der Waals surface area contributed by atoms with Gasteiger partial charge in [-0.25, -0.2) is 14.1 Å². The number of rotatable bonds is 8. The van der Waals surface area contributed by atoms with Crippen molar-refractivity contribution in [2.24, 2.45) is 10.3 Å². The monoisotopic (exact) mass is 477 g/mol. The van der Waals surface area contributed by atoms with Crippen LogP contribution in [0.4, 0.5) is 17.3 Å². The van der Waals surface area contributed by atoms with Gasteiger partial charge in [-0.05, 0) is 35.4 Å². The SMILES string of the molecule is CN(/N=N/c1n(Cc2ccccc2)c2ccccc2[n+]1Cc1ccccc1)c1ccc([N+](=O)[O-])cc1. The molecule has 0 unspecified atom stereocenters. The van der Waals surface area contributed by atoms with Gasteiger partial charge in [0.2, 0.25) is 0 Å². The van der Waals surface area contributed by atoms with Crippen molar-refractivity contribution in [1.29, 1.82) is 0 Å². The van der Waals surface area contributed by atoms with E-state index in [4.69, 9.17) is 5.11 Å². The van der Waals surface area contributed by atoms with Crippen LogP contribution < -0.4 is 9.58 Å². The van der Waals surface area contributed by atoms with E-state index in [1.807, 2.05) is 48.5 Å². The van der Waals surface area contributed by atoms with E-state index in [9.17, 15) is 10.1 Å². The minimum absolute atomic E-state index is 0.0350. The summed E-state index contributed by atoms with van der Waals surface area (Å²) in [7, 11) is 1.77. The van der Waals surface area contributed by atoms with E-state index in [1.54, 1.807) is 24.2 Å². The van der Waals surface area contributed by atoms with Gasteiger partial charge in [-0.2, -0.15) is 0 Å². The molecule has 0 saturated heterocycles. The molecule has 5 rings (SSSR count). The topological polar surface area (TPSA) is 79.9 Å². The lowest BCUT2D eigenvalue weighted by molar-refractivity contribution is -0.650. The van der Waals surface area contributed by atoms with Crippen molar-refractivity contribution in [2.75, 3.05) is 12.1 Å². The highest BCUT2D eigenvalue weighted by Gasteiger charge is 2.25. The fraction of sp³-hybridized carbons (Fsp3) is 0.107. The van der Waals surface area contributed by atoms with Crippen LogP contribution in [0.1, 0.15) is 11.1 Å². The average molecular weight is 478 g/mol. The van der Waals surface area contributed by atoms with Crippen molar-refractivity contribution in [1.82, 2.24) is 4.57 Å². The maximum atomic E-state index is 11.0. The molecular formula is C28H25N6O2+. The van der Waals surface area contributed by atoms with Gasteiger partial charge < -0.3 is 0 Å². The van der Waals surface area contributed by atoms with Crippen LogP contribution in [0.25, 0.3) is 11.0 Å². The molecule has 0 aliphatic carbocycles. The van der Waals surface area contributed by atoms with Gasteiger partial charge >= 0.3 is 5.95 Å². The van der Waals surface area contributed by atoms with E-state index in [0.717, 1.165) is 22.2 Å². The molecule has 4 aromatic carbocycles. The van der Waals surface area contributed by atoms with Gasteiger partial charge in [0.05, 0.1) is 28.8 Å². The molecular weight excluding hydrogens is 452 g/mol. The predicted molar refractivity (Wildman–Crippen MR) is 139 cm³/mol. The second-order valence-electron chi connectivity index (χ2n) is 8.42. The maximum Gasteiger partial charge on any atom is 0.424 e. The Balaban J connectivity index is 1.59. The maximum absolute atomic E-state index is 11.0. The van der Waals surface area contributed by atoms with Crippen LogP contribution in [0.3, 0.4) is 0 Å². The third-order valence-corrected chi connectivity index (χ3v) is 6.02. The van der Waals surface area contributed by atoms with Crippen LogP contribution in [0.2, 0.25) is 0 Å². The number of aromatic nitrogens is 2. The normalized spacial score (nSPS) is 11.2. The van der Waals surface area contributed by atoms with Gasteiger partial charge in [-0.1, -0.05) is 72.8 Å². The number of benzene rings is 4. The fourth-order valence-electron chi connectivity index (χ4n) is 4.18. The summed E-state index contributed by atoms with van der Waals surface area (Å²) in [6.07, 6.45) is 0. The Hall–Kier alpha value is -4.85. The zero-order chi connectivity index (χ0) is 24.9. The average Bonchev–Trinajstić information content (AvgIpc) is 3.20. The molecule has 0 aliphatic heterocycles. The summed E-state index contributed by atoms with van der Waals surface area (Å²) < 4.78 is 4.33. The van der Waals surface area contributed by atoms with Crippen LogP contribution >= 0.6 is 0 Å². The Morgan fingerprint density at radius 3 is 2.11 bits per heavy atom. The number of imidazole rings is 1. The second kappa shape index (κ2) is 10.2. The Morgan fingerprint density at radius 2 is 1.44 bits per heavy atom. The molecule has 5 aromatic rings. The number of fused-ring (bicyclic) bond motifs is 1. The molecule has 1 aromatic heterocycles. The molecule has 0 bridgehead atoms. The van der Waals surface area contributed by atoms with Crippen LogP contribution in [-0.2, 0) is 13.1 Å². The van der Waals surface area contributed by atoms with Gasteiger partial charge in [-0.3, -0.25) is 10.1 Å². The summed E-state index contributed by atoms with van der Waals surface area (Å²) in [5.41, 5.74) is 5.17. The Labute approximate surface area is 208 Å². The number of nitro groups is 1. The van der Waals surface area contributed by atoms with E-state index in [2.05, 4.69) is 50.8 Å². The lowest BCUT2D eigenvalue weighted by Crippen LogP contribution is -2.34. The summed E-state index contributed by atoms with van der Waals surface area (Å²) in [4.78, 5) is 10.6. The summed E-state index contributed by atoms with van der Waals surface area (Å²) in [5.74, 6) is 0.706. The number of anilines is 1. The van der Waals surface area contributed by atoms with Gasteiger partial charge in [0.1, 0.15) is 11.0 Å². The van der Waals surface area contributed by atoms with E-state index < -0.39 is 4.92 Å². The first-order valence-corrected chi connectivity index (χ1v) is 11.6. The largest absolute Gasteiger partial charge is 0.424 e. The molecule has 0 spiro atoms. The summed E-state index contributed by atoms with van der Waals surface area (Å²) in [5, 5.41) is 21.8. The standard InChI is InChI=1S/C28H25N6O2/c1-31(24-16-18-25(19-17-24)34(35)36)30-29-28-32(20-22-10-4-2-5-11-22)26-14-8-9-15-27(26)33(28)21-23-12-6-3-7-13-23/h2-19H,20-21H2,1H3/q+1. The molecule has 0 atom stereocenters. The third kappa shape index (κ3) is 4.83. The fourth-order valence-corrected chi connectivity index (χ4v) is 4.18. The highest BCUT2D eigenvalue weighted by Crippen LogP contribution is 2.24. The summed E-state index contributed by atoms with van der Waals surface area (Å²) >= 11 is 0. The van der Waals surface area contributed by atoms with Crippen molar-refractivity contribution in [2.45, 2.75) is 13.1 Å². The van der Waals surface area contributed by atoms with Crippen molar-refractivity contribution >= 4 is 28.4 Å². The minimum Gasteiger partial charge on any atom is -0.258 e. The Bertz CT molecular complexity index is 1430. The predicted octanol–water partition coefficient (Wildman–Crippen LogP) is 6.07. The molecule has 0 amide bonds. The molecule has 0 fully saturated rings. The first kappa shape index (κ1) is 22.9. The minimum atomic E-state index is -0.417. The first-order chi connectivity index (χ1) is 17.6. The number of para-hydroxylation sites is 2. The van der Waals surface area contributed by atoms with E-state index in [1.165, 1.54) is 12.1 Å². The van der Waals surface area contributed by atoms with Crippen LogP contribution in [-0.4, -0.2) is 16.5 Å². The Kier molecular flexibility index (Phi) is 6.48. The van der Waals surface area contributed by atoms with Gasteiger partial charge in [0.25, 0.3) is 5.69 Å². The number of nitro benzene ring substituents is 1. The van der Waals surface area contributed by atoms with Gasteiger partial charge in [0, 0.05) is 24.4 Å². The molecule has 8 nitrogen and oxygen atoms in total. The molecule has 178 valence electrons. The van der Waals surface area contributed by atoms with Crippen molar-refractivity contribution in [3.63, 3.8) is 0 Å². The molecule has 36 heavy (non-hydrogen) atoms. The first-order valence-electron chi connectivity index (χ1n) is 11.6. The molecule has 8 heteroatoms. The molecule has 0 N–H and O–H groups in total. The smallest absolute Gasteiger partial charge is 0.258 e. The Morgan fingerprint density at radius 1 is 0.833 bits per heavy atom. The number of hydrogen-bond donors (Lipinski definition) is 0. The number of hydrogen-bond acceptors (Lipinski definition) is 4. The molecule has 1 heterocycles. The van der Waals surface area contributed by atoms with Crippen LogP contribution in [0.15, 0.2) is 120 Å². The number of nitrogens with zero attached hydrogens (tertiary/aromatic N) is 6. The van der Waals surface area contributed by atoms with Crippen molar-refractivity contribution in [3.05, 3.63) is 130 Å². The van der Waals surface area contributed by atoms with Crippen LogP contribution in [0, 0.1) is 10.1 Å². The van der Waals surface area contributed by atoms with E-state index in [0.29, 0.717) is 24.7 Å². The van der Waals surface area contributed by atoms with Crippen molar-refractivity contribution in [3.8, 4) is 0 Å². The number of non-ortho nitro benzene ring substituents is 1. The second-order valence-corrected chi connectivity index (χ2v) is 8.42. The van der Waals surface area contributed by atoms with Crippen LogP contribution in [0.5, 0.6) is 0 Å². The van der Waals surface area contributed by atoms with Gasteiger partial charge in [0.15, 0.2) is 0 Å². The van der Waals surface area contributed by atoms with E-state index in [-0.39, 0.29) is 5.69 Å². The highest BCUT2D eigenvalue weighted by molar-refractivity contribution is 5.74.